The van der Waals surface area contributed by atoms with Crippen molar-refractivity contribution < 1.29 is 41.4 Å². The summed E-state index contributed by atoms with van der Waals surface area (Å²) in [6.45, 7) is 4.72. The Morgan fingerprint density at radius 3 is 1.45 bits per heavy atom. The molecule has 0 amide bonds. The van der Waals surface area contributed by atoms with Crippen LogP contribution >= 0.6 is 0 Å². The first-order valence-electron chi connectivity index (χ1n) is 15.2. The third kappa shape index (κ3) is 4.64. The summed E-state index contributed by atoms with van der Waals surface area (Å²) in [7, 11) is 0. The van der Waals surface area contributed by atoms with Crippen molar-refractivity contribution in [2.45, 2.75) is 76.7 Å². The quantitative estimate of drug-likeness (QED) is 0.239. The minimum Gasteiger partial charge on any atom is -1.00 e. The summed E-state index contributed by atoms with van der Waals surface area (Å²) in [5, 5.41) is 5.74. The molecule has 4 aromatic carbocycles. The third-order valence-electron chi connectivity index (χ3n) is 10.1. The molecule has 1 fully saturated rings. The summed E-state index contributed by atoms with van der Waals surface area (Å²) >= 11 is -2.42. The maximum absolute atomic E-state index is 2.68. The van der Waals surface area contributed by atoms with Crippen LogP contribution in [-0.2, 0) is 16.6 Å². The van der Waals surface area contributed by atoms with Gasteiger partial charge in [-0.3, -0.25) is 0 Å². The zero-order chi connectivity index (χ0) is 25.7. The first kappa shape index (κ1) is 29.7. The largest absolute Gasteiger partial charge is 1.00 e. The molecule has 2 unspecified atom stereocenters. The molecule has 1 aliphatic heterocycles. The van der Waals surface area contributed by atoms with Crippen LogP contribution in [0.5, 0.6) is 0 Å². The Balaban J connectivity index is 0.00000161. The molecule has 0 spiro atoms. The van der Waals surface area contributed by atoms with E-state index >= 15 is 0 Å². The molecule has 1 saturated heterocycles. The van der Waals surface area contributed by atoms with Crippen molar-refractivity contribution in [3.05, 3.63) is 106 Å². The second kappa shape index (κ2) is 12.2. The normalized spacial score (nSPS) is 19.4. The Morgan fingerprint density at radius 2 is 1.05 bits per heavy atom. The van der Waals surface area contributed by atoms with Crippen molar-refractivity contribution in [3.63, 3.8) is 0 Å². The van der Waals surface area contributed by atoms with Gasteiger partial charge in [0.15, 0.2) is 0 Å². The summed E-state index contributed by atoms with van der Waals surface area (Å²) in [6, 6.07) is 28.1. The molecule has 2 atom stereocenters. The van der Waals surface area contributed by atoms with Crippen LogP contribution in [0, 0.1) is 0 Å². The van der Waals surface area contributed by atoms with E-state index in [0.29, 0.717) is 0 Å². The molecule has 0 aromatic heterocycles. The minimum absolute atomic E-state index is 0. The molecule has 3 heteroatoms. The van der Waals surface area contributed by atoms with Gasteiger partial charge in [0, 0.05) is 0 Å². The minimum atomic E-state index is -2.42. The van der Waals surface area contributed by atoms with Crippen molar-refractivity contribution >= 4 is 33.7 Å². The monoisotopic (exact) mass is 602 g/mol. The van der Waals surface area contributed by atoms with Crippen LogP contribution in [-0.4, -0.2) is 0 Å². The first-order valence-corrected chi connectivity index (χ1v) is 19.2. The van der Waals surface area contributed by atoms with Gasteiger partial charge >= 0.3 is 233 Å². The van der Waals surface area contributed by atoms with Gasteiger partial charge in [-0.2, -0.15) is 0 Å². The first-order chi connectivity index (χ1) is 18.7. The van der Waals surface area contributed by atoms with Crippen LogP contribution in [0.25, 0.3) is 33.7 Å². The van der Waals surface area contributed by atoms with Crippen molar-refractivity contribution in [3.8, 4) is 0 Å². The van der Waals surface area contributed by atoms with E-state index in [1.54, 1.807) is 33.4 Å². The molecule has 1 heterocycles. The third-order valence-corrected chi connectivity index (χ3v) is 19.8. The number of allylic oxidation sites excluding steroid dienone is 2. The van der Waals surface area contributed by atoms with Crippen molar-refractivity contribution in [2.75, 3.05) is 0 Å². The van der Waals surface area contributed by atoms with Gasteiger partial charge in [0.2, 0.25) is 0 Å². The van der Waals surface area contributed by atoms with E-state index in [2.05, 4.69) is 98.8 Å². The Bertz CT molecular complexity index is 1480. The Morgan fingerprint density at radius 1 is 0.600 bits per heavy atom. The molecule has 0 radical (unpaired) electrons. The van der Waals surface area contributed by atoms with Gasteiger partial charge in [-0.15, -0.1) is 0 Å². The predicted molar refractivity (Wildman–Crippen MR) is 163 cm³/mol. The van der Waals surface area contributed by atoms with Crippen LogP contribution in [0.15, 0.2) is 83.9 Å². The second-order valence-corrected chi connectivity index (χ2v) is 19.4. The van der Waals surface area contributed by atoms with Gasteiger partial charge < -0.3 is 24.8 Å². The molecular formula is C37H40Cl2Ti. The second-order valence-electron chi connectivity index (χ2n) is 12.2. The van der Waals surface area contributed by atoms with Crippen LogP contribution in [0.3, 0.4) is 0 Å². The van der Waals surface area contributed by atoms with Crippen molar-refractivity contribution in [1.29, 1.82) is 0 Å². The SMILES string of the molecule is CCCCC1=Cc2c(ccc3ccccc23)[CH]1[Ti+2]1([CH]2C(CCCC)=Cc3c2ccc2ccccc32)[CH2]C[CH2]1.[Cl-].[Cl-]. The number of unbranched alkanes of at least 4 members (excludes halogenated alkanes) is 2. The van der Waals surface area contributed by atoms with Gasteiger partial charge in [0.1, 0.15) is 0 Å². The van der Waals surface area contributed by atoms with E-state index < -0.39 is 16.6 Å². The fourth-order valence-electron chi connectivity index (χ4n) is 8.27. The topological polar surface area (TPSA) is 0 Å². The summed E-state index contributed by atoms with van der Waals surface area (Å²) in [5.41, 5.74) is 10.1. The Kier molecular flexibility index (Phi) is 9.04. The van der Waals surface area contributed by atoms with Gasteiger partial charge in [-0.1, -0.05) is 0 Å². The van der Waals surface area contributed by atoms with E-state index in [4.69, 9.17) is 0 Å². The molecule has 7 rings (SSSR count). The molecular weight excluding hydrogens is 563 g/mol. The number of fused-ring (bicyclic) bond motifs is 6. The number of hydrogen-bond donors (Lipinski definition) is 0. The van der Waals surface area contributed by atoms with Crippen molar-refractivity contribution in [1.82, 2.24) is 0 Å². The van der Waals surface area contributed by atoms with Crippen LogP contribution < -0.4 is 24.8 Å². The smallest absolute Gasteiger partial charge is 1.00 e. The van der Waals surface area contributed by atoms with E-state index in [9.17, 15) is 0 Å². The standard InChI is InChI=1S/2C17H17.C3H6.2ClH.Ti/c2*1-2-3-6-13-11-15-10-9-14-7-4-5-8-16(14)17(15)12-13;1-3-2;;;/h2*4-5,7-12H,2-3,6H2,1H3;1-3H2;2*1H;/q;;;;;+2/p-2. The van der Waals surface area contributed by atoms with E-state index in [1.807, 2.05) is 0 Å². The molecule has 4 aromatic rings. The number of benzene rings is 4. The number of rotatable bonds is 8. The molecule has 3 aliphatic rings. The molecule has 0 saturated carbocycles. The van der Waals surface area contributed by atoms with Crippen LogP contribution in [0.1, 0.15) is 89.5 Å². The number of halogens is 2. The maximum Gasteiger partial charge on any atom is -1.00 e. The molecule has 0 bridgehead atoms. The van der Waals surface area contributed by atoms with Gasteiger partial charge in [0.25, 0.3) is 0 Å². The zero-order valence-electron chi connectivity index (χ0n) is 23.9. The van der Waals surface area contributed by atoms with E-state index in [0.717, 1.165) is 8.45 Å². The summed E-state index contributed by atoms with van der Waals surface area (Å²) in [4.78, 5) is 0. The number of hydrogen-bond acceptors (Lipinski definition) is 0. The average Bonchev–Trinajstić information content (AvgIpc) is 3.50. The molecule has 206 valence electrons. The fourth-order valence-corrected chi connectivity index (χ4v) is 18.2. The average molecular weight is 604 g/mol. The summed E-state index contributed by atoms with van der Waals surface area (Å²) in [5.74, 6) is 0. The van der Waals surface area contributed by atoms with Crippen LogP contribution in [0.2, 0.25) is 9.45 Å². The van der Waals surface area contributed by atoms with Crippen LogP contribution in [0.4, 0.5) is 0 Å². The molecule has 0 nitrogen and oxygen atoms in total. The summed E-state index contributed by atoms with van der Waals surface area (Å²) in [6.07, 6.45) is 14.5. The van der Waals surface area contributed by atoms with E-state index in [1.165, 1.54) is 75.9 Å². The van der Waals surface area contributed by atoms with Gasteiger partial charge in [0.05, 0.1) is 0 Å². The maximum atomic E-state index is 2.68. The zero-order valence-corrected chi connectivity index (χ0v) is 26.9. The van der Waals surface area contributed by atoms with Gasteiger partial charge in [-0.05, 0) is 0 Å². The molecule has 40 heavy (non-hydrogen) atoms. The molecule has 0 N–H and O–H groups in total. The van der Waals surface area contributed by atoms with E-state index in [-0.39, 0.29) is 24.8 Å². The van der Waals surface area contributed by atoms with Crippen molar-refractivity contribution in [2.24, 2.45) is 0 Å². The summed E-state index contributed by atoms with van der Waals surface area (Å²) < 4.78 is 4.51. The Hall–Kier alpha value is -1.83. The fraction of sp³-hybridized carbons (Fsp3) is 0.351. The van der Waals surface area contributed by atoms with Gasteiger partial charge in [-0.25, -0.2) is 0 Å². The predicted octanol–water partition coefficient (Wildman–Crippen LogP) is 5.35. The Labute approximate surface area is 256 Å². The molecule has 2 aliphatic carbocycles.